The lowest BCUT2D eigenvalue weighted by Crippen LogP contribution is -2.38. The lowest BCUT2D eigenvalue weighted by molar-refractivity contribution is -0.0403. The average molecular weight is 461 g/mol. The van der Waals surface area contributed by atoms with Crippen molar-refractivity contribution in [2.24, 2.45) is 0 Å². The van der Waals surface area contributed by atoms with Gasteiger partial charge in [0.15, 0.2) is 0 Å². The van der Waals surface area contributed by atoms with E-state index in [1.807, 2.05) is 6.92 Å². The fraction of sp³-hybridized carbons (Fsp3) is 0.619. The normalized spacial score (nSPS) is 23.9. The second kappa shape index (κ2) is 10.6. The van der Waals surface area contributed by atoms with Gasteiger partial charge in [-0.2, -0.15) is 8.42 Å². The minimum absolute atomic E-state index is 0.0964. The molecule has 1 aliphatic heterocycles. The van der Waals surface area contributed by atoms with Gasteiger partial charge in [0, 0.05) is 6.61 Å². The molecule has 0 bridgehead atoms. The number of rotatable bonds is 8. The summed E-state index contributed by atoms with van der Waals surface area (Å²) in [5.41, 5.74) is 0.977. The highest BCUT2D eigenvalue weighted by atomic mass is 35.5. The number of halogens is 1. The standard InChI is InChI=1S/C21H33ClO5SSi/c1-16-7-9-18(10-8-16)28(24,25)26-15-21-20(22)12-11-19(29(2,3)4)14-17(27-21)6-5-13-23/h7-11,17,20-21,23H,5-6,12-15H2,1-4H3/t17-,20+,21+/m1/s1. The van der Waals surface area contributed by atoms with E-state index >= 15 is 0 Å². The highest BCUT2D eigenvalue weighted by Crippen LogP contribution is 2.30. The second-order valence-electron chi connectivity index (χ2n) is 8.65. The Bertz CT molecular complexity index is 786. The molecule has 0 saturated carbocycles. The molecule has 1 N–H and O–H groups in total. The minimum Gasteiger partial charge on any atom is -0.396 e. The molecule has 0 fully saturated rings. The van der Waals surface area contributed by atoms with Crippen LogP contribution in [0.2, 0.25) is 19.6 Å². The van der Waals surface area contributed by atoms with Gasteiger partial charge in [-0.25, -0.2) is 0 Å². The molecule has 0 aliphatic carbocycles. The number of alkyl halides is 1. The van der Waals surface area contributed by atoms with Gasteiger partial charge < -0.3 is 9.84 Å². The van der Waals surface area contributed by atoms with Crippen molar-refractivity contribution < 1.29 is 22.4 Å². The monoisotopic (exact) mass is 460 g/mol. The number of hydrogen-bond donors (Lipinski definition) is 1. The summed E-state index contributed by atoms with van der Waals surface area (Å²) in [5, 5.41) is 10.2. The fourth-order valence-corrected chi connectivity index (χ4v) is 6.00. The van der Waals surface area contributed by atoms with Gasteiger partial charge in [0.2, 0.25) is 0 Å². The van der Waals surface area contributed by atoms with Crippen molar-refractivity contribution in [2.45, 2.75) is 74.7 Å². The predicted molar refractivity (Wildman–Crippen MR) is 120 cm³/mol. The molecule has 0 radical (unpaired) electrons. The van der Waals surface area contributed by atoms with E-state index in [2.05, 4.69) is 25.7 Å². The van der Waals surface area contributed by atoms with Crippen LogP contribution in [0.15, 0.2) is 40.4 Å². The Morgan fingerprint density at radius 3 is 2.48 bits per heavy atom. The third kappa shape index (κ3) is 7.49. The molecular weight excluding hydrogens is 428 g/mol. The van der Waals surface area contributed by atoms with Crippen LogP contribution in [0.1, 0.15) is 31.2 Å². The van der Waals surface area contributed by atoms with Crippen LogP contribution in [0.5, 0.6) is 0 Å². The van der Waals surface area contributed by atoms with E-state index in [-0.39, 0.29) is 29.6 Å². The van der Waals surface area contributed by atoms with Gasteiger partial charge in [0.05, 0.1) is 37.2 Å². The Hall–Kier alpha value is -0.703. The lowest BCUT2D eigenvalue weighted by atomic mass is 10.1. The van der Waals surface area contributed by atoms with Crippen LogP contribution in [0.25, 0.3) is 0 Å². The van der Waals surface area contributed by atoms with Crippen LogP contribution < -0.4 is 0 Å². The van der Waals surface area contributed by atoms with Gasteiger partial charge in [0.25, 0.3) is 10.1 Å². The maximum absolute atomic E-state index is 12.5. The third-order valence-electron chi connectivity index (χ3n) is 5.15. The Labute approximate surface area is 181 Å². The van der Waals surface area contributed by atoms with Gasteiger partial charge in [-0.05, 0) is 44.7 Å². The van der Waals surface area contributed by atoms with E-state index in [1.165, 1.54) is 17.3 Å². The van der Waals surface area contributed by atoms with Crippen molar-refractivity contribution in [1.82, 2.24) is 0 Å². The maximum Gasteiger partial charge on any atom is 0.297 e. The Morgan fingerprint density at radius 2 is 1.90 bits per heavy atom. The first-order valence-electron chi connectivity index (χ1n) is 10.1. The number of allylic oxidation sites excluding steroid dienone is 1. The first-order chi connectivity index (χ1) is 13.5. The van der Waals surface area contributed by atoms with E-state index in [1.54, 1.807) is 12.1 Å². The molecule has 0 saturated heterocycles. The van der Waals surface area contributed by atoms with E-state index in [0.717, 1.165) is 12.0 Å². The molecule has 164 valence electrons. The summed E-state index contributed by atoms with van der Waals surface area (Å²) in [5.74, 6) is 0. The van der Waals surface area contributed by atoms with Crippen LogP contribution in [0.4, 0.5) is 0 Å². The van der Waals surface area contributed by atoms with E-state index in [0.29, 0.717) is 19.3 Å². The molecule has 1 aliphatic rings. The van der Waals surface area contributed by atoms with Crippen LogP contribution in [0, 0.1) is 6.92 Å². The van der Waals surface area contributed by atoms with Crippen LogP contribution in [-0.4, -0.2) is 52.4 Å². The second-order valence-corrected chi connectivity index (χ2v) is 16.0. The van der Waals surface area contributed by atoms with Gasteiger partial charge >= 0.3 is 0 Å². The van der Waals surface area contributed by atoms with Crippen molar-refractivity contribution in [2.75, 3.05) is 13.2 Å². The maximum atomic E-state index is 12.5. The molecule has 8 heteroatoms. The van der Waals surface area contributed by atoms with E-state index < -0.39 is 24.3 Å². The molecule has 29 heavy (non-hydrogen) atoms. The van der Waals surface area contributed by atoms with Crippen LogP contribution >= 0.6 is 11.6 Å². The van der Waals surface area contributed by atoms with E-state index in [9.17, 15) is 13.5 Å². The number of benzene rings is 1. The molecule has 2 rings (SSSR count). The lowest BCUT2D eigenvalue weighted by Gasteiger charge is -2.33. The molecule has 3 atom stereocenters. The molecule has 1 aromatic rings. The van der Waals surface area contributed by atoms with Gasteiger partial charge in [-0.3, -0.25) is 4.18 Å². The third-order valence-corrected chi connectivity index (χ3v) is 9.24. The Balaban J connectivity index is 2.14. The van der Waals surface area contributed by atoms with Gasteiger partial charge in [-0.1, -0.05) is 48.6 Å². The quantitative estimate of drug-likeness (QED) is 0.353. The highest BCUT2D eigenvalue weighted by Gasteiger charge is 2.31. The fourth-order valence-electron chi connectivity index (χ4n) is 3.29. The molecule has 0 amide bonds. The van der Waals surface area contributed by atoms with Crippen molar-refractivity contribution >= 4 is 29.8 Å². The molecule has 0 spiro atoms. The van der Waals surface area contributed by atoms with Crippen molar-refractivity contribution in [3.05, 3.63) is 41.1 Å². The van der Waals surface area contributed by atoms with Crippen molar-refractivity contribution in [1.29, 1.82) is 0 Å². The zero-order chi connectivity index (χ0) is 21.7. The summed E-state index contributed by atoms with van der Waals surface area (Å²) in [6.45, 7) is 8.74. The predicted octanol–water partition coefficient (Wildman–Crippen LogP) is 4.43. The first kappa shape index (κ1) is 24.6. The summed E-state index contributed by atoms with van der Waals surface area (Å²) >= 11 is 6.59. The first-order valence-corrected chi connectivity index (χ1v) is 15.4. The van der Waals surface area contributed by atoms with Gasteiger partial charge in [0.1, 0.15) is 0 Å². The summed E-state index contributed by atoms with van der Waals surface area (Å²) in [6.07, 6.45) is 4.29. The molecule has 1 heterocycles. The largest absolute Gasteiger partial charge is 0.396 e. The summed E-state index contributed by atoms with van der Waals surface area (Å²) in [4.78, 5) is 0.123. The van der Waals surface area contributed by atoms with E-state index in [4.69, 9.17) is 20.5 Å². The number of aryl methyl sites for hydroxylation is 1. The molecular formula is C21H33ClO5SSi. The SMILES string of the molecule is Cc1ccc(S(=O)(=O)OC[C@@H]2O[C@H](CCCO)CC([Si](C)(C)C)=CC[C@@H]2Cl)cc1. The molecule has 5 nitrogen and oxygen atoms in total. The number of aliphatic hydroxyl groups excluding tert-OH is 1. The van der Waals surface area contributed by atoms with Gasteiger partial charge in [-0.15, -0.1) is 11.6 Å². The average Bonchev–Trinajstić information content (AvgIpc) is 2.63. The molecule has 0 aromatic heterocycles. The summed E-state index contributed by atoms with van der Waals surface area (Å²) in [7, 11) is -5.38. The highest BCUT2D eigenvalue weighted by molar-refractivity contribution is 7.86. The summed E-state index contributed by atoms with van der Waals surface area (Å²) in [6, 6.07) is 6.55. The zero-order valence-electron chi connectivity index (χ0n) is 17.7. The number of hydrogen-bond acceptors (Lipinski definition) is 5. The molecule has 1 aromatic carbocycles. The van der Waals surface area contributed by atoms with Crippen molar-refractivity contribution in [3.8, 4) is 0 Å². The zero-order valence-corrected chi connectivity index (χ0v) is 20.3. The number of aliphatic hydroxyl groups is 1. The Morgan fingerprint density at radius 1 is 1.24 bits per heavy atom. The van der Waals surface area contributed by atoms with Crippen molar-refractivity contribution in [3.63, 3.8) is 0 Å². The Kier molecular flexibility index (Phi) is 8.94. The van der Waals surface area contributed by atoms with Crippen LogP contribution in [0.3, 0.4) is 0 Å². The smallest absolute Gasteiger partial charge is 0.297 e. The van der Waals surface area contributed by atoms with Crippen LogP contribution in [-0.2, 0) is 19.0 Å². The minimum atomic E-state index is -3.88. The number of ether oxygens (including phenoxy) is 1. The summed E-state index contributed by atoms with van der Waals surface area (Å²) < 4.78 is 36.6. The topological polar surface area (TPSA) is 72.8 Å². The molecule has 0 unspecified atom stereocenters.